The Morgan fingerprint density at radius 2 is 1.94 bits per heavy atom. The van der Waals surface area contributed by atoms with Crippen LogP contribution in [0.15, 0.2) is 0 Å². The third-order valence-corrected chi connectivity index (χ3v) is 3.85. The maximum absolute atomic E-state index is 12.1. The highest BCUT2D eigenvalue weighted by Crippen LogP contribution is 2.22. The number of aliphatic carboxylic acids is 1. The van der Waals surface area contributed by atoms with E-state index in [0.29, 0.717) is 19.1 Å². The van der Waals surface area contributed by atoms with Crippen LogP contribution in [0.25, 0.3) is 0 Å². The van der Waals surface area contributed by atoms with E-state index >= 15 is 0 Å². The molecule has 0 spiro atoms. The maximum Gasteiger partial charge on any atom is 0.320 e. The number of amides is 2. The van der Waals surface area contributed by atoms with E-state index in [-0.39, 0.29) is 18.4 Å². The van der Waals surface area contributed by atoms with Crippen LogP contribution in [-0.4, -0.2) is 66.2 Å². The van der Waals surface area contributed by atoms with Crippen LogP contribution in [0, 0.1) is 5.92 Å². The predicted octanol–water partition coefficient (Wildman–Crippen LogP) is 0.197. The number of rotatable bonds is 3. The van der Waals surface area contributed by atoms with Gasteiger partial charge in [-0.05, 0) is 25.9 Å². The van der Waals surface area contributed by atoms with E-state index in [0.717, 1.165) is 25.9 Å². The molecule has 0 bridgehead atoms. The molecule has 0 aromatic carbocycles. The van der Waals surface area contributed by atoms with Crippen molar-refractivity contribution >= 4 is 12.0 Å². The van der Waals surface area contributed by atoms with Crippen molar-refractivity contribution in [1.29, 1.82) is 0 Å². The largest absolute Gasteiger partial charge is 0.481 e. The average Bonchev–Trinajstić information content (AvgIpc) is 2.32. The molecule has 2 aliphatic rings. The second-order valence-electron chi connectivity index (χ2n) is 5.24. The molecule has 2 fully saturated rings. The van der Waals surface area contributed by atoms with E-state index in [4.69, 9.17) is 5.11 Å². The van der Waals surface area contributed by atoms with E-state index < -0.39 is 5.97 Å². The van der Waals surface area contributed by atoms with Crippen molar-refractivity contribution in [3.8, 4) is 0 Å². The first-order valence-electron chi connectivity index (χ1n) is 6.52. The summed E-state index contributed by atoms with van der Waals surface area (Å²) in [6.45, 7) is 3.09. The summed E-state index contributed by atoms with van der Waals surface area (Å²) in [5, 5.41) is 11.9. The zero-order chi connectivity index (χ0) is 13.1. The molecular formula is C12H21N3O3. The number of carboxylic acid groups (broad SMARTS) is 1. The number of likely N-dealkylation sites (tertiary alicyclic amines) is 1. The molecule has 2 amide bonds. The molecule has 2 saturated heterocycles. The summed E-state index contributed by atoms with van der Waals surface area (Å²) in [6.07, 6.45) is 2.16. The summed E-state index contributed by atoms with van der Waals surface area (Å²) < 4.78 is 0. The molecule has 0 radical (unpaired) electrons. The maximum atomic E-state index is 12.1. The molecule has 2 N–H and O–H groups in total. The van der Waals surface area contributed by atoms with Crippen molar-refractivity contribution in [2.45, 2.75) is 25.3 Å². The van der Waals surface area contributed by atoms with Gasteiger partial charge in [-0.1, -0.05) is 0 Å². The highest BCUT2D eigenvalue weighted by Gasteiger charge is 2.35. The first-order valence-corrected chi connectivity index (χ1v) is 6.52. The van der Waals surface area contributed by atoms with Crippen molar-refractivity contribution in [2.24, 2.45) is 5.92 Å². The Morgan fingerprint density at radius 3 is 2.50 bits per heavy atom. The van der Waals surface area contributed by atoms with Gasteiger partial charge in [-0.25, -0.2) is 4.79 Å². The minimum atomic E-state index is -0.779. The highest BCUT2D eigenvalue weighted by atomic mass is 16.4. The highest BCUT2D eigenvalue weighted by molar-refractivity contribution is 5.76. The van der Waals surface area contributed by atoms with E-state index in [2.05, 4.69) is 5.32 Å². The fourth-order valence-electron chi connectivity index (χ4n) is 2.68. The molecule has 2 heterocycles. The lowest BCUT2D eigenvalue weighted by Gasteiger charge is -2.43. The standard InChI is InChI=1S/C12H21N3O3/c1-14(10-2-4-13-5-3-10)12(18)15-7-9(8-15)6-11(16)17/h9-10,13H,2-8H2,1H3,(H,16,17). The summed E-state index contributed by atoms with van der Waals surface area (Å²) >= 11 is 0. The smallest absolute Gasteiger partial charge is 0.320 e. The van der Waals surface area contributed by atoms with Gasteiger partial charge in [-0.15, -0.1) is 0 Å². The van der Waals surface area contributed by atoms with Crippen molar-refractivity contribution < 1.29 is 14.7 Å². The van der Waals surface area contributed by atoms with E-state index in [1.807, 2.05) is 11.9 Å². The number of nitrogens with one attached hydrogen (secondary N) is 1. The molecule has 2 aliphatic heterocycles. The quantitative estimate of drug-likeness (QED) is 0.755. The molecule has 0 saturated carbocycles. The second-order valence-corrected chi connectivity index (χ2v) is 5.24. The van der Waals surface area contributed by atoms with Gasteiger partial charge in [0.1, 0.15) is 0 Å². The Morgan fingerprint density at radius 1 is 1.33 bits per heavy atom. The van der Waals surface area contributed by atoms with Crippen LogP contribution in [0.5, 0.6) is 0 Å². The monoisotopic (exact) mass is 255 g/mol. The van der Waals surface area contributed by atoms with Gasteiger partial charge in [0.2, 0.25) is 0 Å². The summed E-state index contributed by atoms with van der Waals surface area (Å²) in [5.74, 6) is -0.647. The van der Waals surface area contributed by atoms with Crippen LogP contribution in [0.4, 0.5) is 4.79 Å². The third kappa shape index (κ3) is 2.93. The predicted molar refractivity (Wildman–Crippen MR) is 66.4 cm³/mol. The summed E-state index contributed by atoms with van der Waals surface area (Å²) in [5.41, 5.74) is 0. The van der Waals surface area contributed by atoms with Gasteiger partial charge in [0, 0.05) is 32.1 Å². The number of nitrogens with zero attached hydrogens (tertiary/aromatic N) is 2. The SMILES string of the molecule is CN(C(=O)N1CC(CC(=O)O)C1)C1CCNCC1. The van der Waals surface area contributed by atoms with Crippen molar-refractivity contribution in [3.05, 3.63) is 0 Å². The molecule has 6 nitrogen and oxygen atoms in total. The first-order chi connectivity index (χ1) is 8.58. The number of piperidine rings is 1. The lowest BCUT2D eigenvalue weighted by molar-refractivity contribution is -0.139. The van der Waals surface area contributed by atoms with Gasteiger partial charge in [-0.3, -0.25) is 4.79 Å². The molecule has 102 valence electrons. The van der Waals surface area contributed by atoms with E-state index in [1.165, 1.54) is 0 Å². The molecule has 0 aliphatic carbocycles. The number of carbonyl (C=O) groups excluding carboxylic acids is 1. The molecule has 6 heteroatoms. The van der Waals surface area contributed by atoms with Crippen LogP contribution in [0.3, 0.4) is 0 Å². The van der Waals surface area contributed by atoms with Gasteiger partial charge in [0.25, 0.3) is 0 Å². The molecule has 0 atom stereocenters. The molecule has 2 rings (SSSR count). The van der Waals surface area contributed by atoms with E-state index in [1.54, 1.807) is 4.90 Å². The zero-order valence-corrected chi connectivity index (χ0v) is 10.8. The third-order valence-electron chi connectivity index (χ3n) is 3.85. The van der Waals surface area contributed by atoms with Crippen LogP contribution in [0.2, 0.25) is 0 Å². The minimum absolute atomic E-state index is 0.0449. The Hall–Kier alpha value is -1.30. The van der Waals surface area contributed by atoms with E-state index in [9.17, 15) is 9.59 Å². The van der Waals surface area contributed by atoms with Crippen LogP contribution < -0.4 is 5.32 Å². The van der Waals surface area contributed by atoms with Gasteiger partial charge >= 0.3 is 12.0 Å². The first kappa shape index (κ1) is 13.1. The summed E-state index contributed by atoms with van der Waals surface area (Å²) in [4.78, 5) is 26.2. The van der Waals surface area contributed by atoms with Crippen LogP contribution >= 0.6 is 0 Å². The van der Waals surface area contributed by atoms with Gasteiger partial charge < -0.3 is 20.2 Å². The Kier molecular flexibility index (Phi) is 4.06. The summed E-state index contributed by atoms with van der Waals surface area (Å²) in [7, 11) is 1.85. The normalized spacial score (nSPS) is 21.5. The number of carboxylic acids is 1. The van der Waals surface area contributed by atoms with Crippen LogP contribution in [0.1, 0.15) is 19.3 Å². The minimum Gasteiger partial charge on any atom is -0.481 e. The Labute approximate surface area is 107 Å². The zero-order valence-electron chi connectivity index (χ0n) is 10.8. The molecule has 0 aromatic heterocycles. The van der Waals surface area contributed by atoms with Crippen molar-refractivity contribution in [1.82, 2.24) is 15.1 Å². The lowest BCUT2D eigenvalue weighted by Crippen LogP contribution is -2.57. The van der Waals surface area contributed by atoms with Gasteiger partial charge in [0.05, 0.1) is 6.42 Å². The lowest BCUT2D eigenvalue weighted by atomic mass is 9.96. The molecular weight excluding hydrogens is 234 g/mol. The topological polar surface area (TPSA) is 72.9 Å². The van der Waals surface area contributed by atoms with Gasteiger partial charge in [-0.2, -0.15) is 0 Å². The molecule has 0 unspecified atom stereocenters. The van der Waals surface area contributed by atoms with Crippen LogP contribution in [-0.2, 0) is 4.79 Å². The number of carbonyl (C=O) groups is 2. The Balaban J connectivity index is 1.76. The fourth-order valence-corrected chi connectivity index (χ4v) is 2.68. The Bertz CT molecular complexity index is 323. The molecule has 18 heavy (non-hydrogen) atoms. The van der Waals surface area contributed by atoms with Crippen molar-refractivity contribution in [2.75, 3.05) is 33.2 Å². The molecule has 0 aromatic rings. The van der Waals surface area contributed by atoms with Crippen molar-refractivity contribution in [3.63, 3.8) is 0 Å². The number of hydrogen-bond acceptors (Lipinski definition) is 3. The number of urea groups is 1. The second kappa shape index (κ2) is 5.56. The van der Waals surface area contributed by atoms with Gasteiger partial charge in [0.15, 0.2) is 0 Å². The summed E-state index contributed by atoms with van der Waals surface area (Å²) in [6, 6.07) is 0.362. The average molecular weight is 255 g/mol. The number of hydrogen-bond donors (Lipinski definition) is 2. The fraction of sp³-hybridized carbons (Fsp3) is 0.833.